The number of carboxylic acid groups (broad SMARTS) is 2. The molecule has 0 radical (unpaired) electrons. The van der Waals surface area contributed by atoms with Crippen LogP contribution in [0.5, 0.6) is 0 Å². The second-order valence-electron chi connectivity index (χ2n) is 2.45. The van der Waals surface area contributed by atoms with Crippen molar-refractivity contribution in [2.75, 3.05) is 6.54 Å². The summed E-state index contributed by atoms with van der Waals surface area (Å²) in [6.07, 6.45) is 1.66. The lowest BCUT2D eigenvalue weighted by atomic mass is 10.3. The van der Waals surface area contributed by atoms with Crippen molar-refractivity contribution in [1.82, 2.24) is 5.32 Å². The lowest BCUT2D eigenvalue weighted by molar-refractivity contribution is -0.136. The number of carbonyl (C=O) groups is 2. The molecule has 13 heavy (non-hydrogen) atoms. The minimum atomic E-state index is -1.13. The summed E-state index contributed by atoms with van der Waals surface area (Å²) in [5.41, 5.74) is -0.0516. The Balaban J connectivity index is 4.15. The fraction of sp³-hybridized carbons (Fsp3) is 0.500. The quantitative estimate of drug-likeness (QED) is 0.525. The van der Waals surface area contributed by atoms with Crippen LogP contribution in [0.25, 0.3) is 0 Å². The van der Waals surface area contributed by atoms with Crippen molar-refractivity contribution in [3.05, 3.63) is 11.8 Å². The first kappa shape index (κ1) is 11.5. The highest BCUT2D eigenvalue weighted by atomic mass is 16.4. The molecular formula is C8H13NO4. The van der Waals surface area contributed by atoms with Crippen LogP contribution in [0.1, 0.15) is 19.8 Å². The summed E-state index contributed by atoms with van der Waals surface area (Å²) in [6, 6.07) is 0. The van der Waals surface area contributed by atoms with Gasteiger partial charge >= 0.3 is 11.9 Å². The Morgan fingerprint density at radius 1 is 1.38 bits per heavy atom. The predicted molar refractivity (Wildman–Crippen MR) is 46.3 cm³/mol. The summed E-state index contributed by atoms with van der Waals surface area (Å²) in [5, 5.41) is 19.5. The molecule has 0 aromatic rings. The number of nitrogens with one attached hydrogen (secondary N) is 1. The maximum Gasteiger partial charge on any atom is 0.351 e. The molecular weight excluding hydrogens is 174 g/mol. The first-order valence-electron chi connectivity index (χ1n) is 3.97. The Morgan fingerprint density at radius 2 is 2.00 bits per heavy atom. The first-order valence-corrected chi connectivity index (χ1v) is 3.97. The molecule has 0 amide bonds. The van der Waals surface area contributed by atoms with Crippen molar-refractivity contribution in [1.29, 1.82) is 0 Å². The van der Waals surface area contributed by atoms with E-state index < -0.39 is 11.9 Å². The normalized spacial score (nSPS) is 11.0. The zero-order chi connectivity index (χ0) is 10.3. The van der Waals surface area contributed by atoms with Gasteiger partial charge in [0.15, 0.2) is 0 Å². The molecule has 5 nitrogen and oxygen atoms in total. The van der Waals surface area contributed by atoms with Crippen LogP contribution in [0.2, 0.25) is 0 Å². The van der Waals surface area contributed by atoms with Crippen LogP contribution in [-0.4, -0.2) is 28.7 Å². The van der Waals surface area contributed by atoms with Crippen molar-refractivity contribution in [3.8, 4) is 0 Å². The highest BCUT2D eigenvalue weighted by Crippen LogP contribution is 1.93. The van der Waals surface area contributed by atoms with E-state index in [2.05, 4.69) is 5.32 Å². The fourth-order valence-electron chi connectivity index (χ4n) is 0.684. The van der Waals surface area contributed by atoms with Crippen LogP contribution < -0.4 is 5.32 Å². The number of carboxylic acids is 2. The molecule has 0 heterocycles. The summed E-state index contributed by atoms with van der Waals surface area (Å²) in [6.45, 7) is 2.42. The average molecular weight is 187 g/mol. The molecule has 0 atom stereocenters. The Kier molecular flexibility index (Phi) is 5.34. The van der Waals surface area contributed by atoms with Crippen molar-refractivity contribution in [2.24, 2.45) is 0 Å². The van der Waals surface area contributed by atoms with E-state index in [4.69, 9.17) is 10.2 Å². The van der Waals surface area contributed by atoms with Crippen LogP contribution in [0, 0.1) is 0 Å². The topological polar surface area (TPSA) is 86.6 Å². The van der Waals surface area contributed by atoms with E-state index in [0.717, 1.165) is 12.5 Å². The number of rotatable bonds is 6. The number of hydrogen-bond acceptors (Lipinski definition) is 3. The van der Waals surface area contributed by atoms with Gasteiger partial charge in [0, 0.05) is 6.54 Å². The molecule has 0 bridgehead atoms. The maximum atomic E-state index is 10.5. The van der Waals surface area contributed by atoms with E-state index in [-0.39, 0.29) is 12.1 Å². The Bertz CT molecular complexity index is 222. The monoisotopic (exact) mass is 187 g/mol. The van der Waals surface area contributed by atoms with Crippen LogP contribution in [0.15, 0.2) is 11.8 Å². The molecule has 0 aliphatic carbocycles. The third-order valence-corrected chi connectivity index (χ3v) is 1.28. The van der Waals surface area contributed by atoms with Gasteiger partial charge in [-0.15, -0.1) is 0 Å². The van der Waals surface area contributed by atoms with E-state index in [1.54, 1.807) is 0 Å². The molecule has 0 saturated heterocycles. The van der Waals surface area contributed by atoms with Crippen LogP contribution in [-0.2, 0) is 9.59 Å². The van der Waals surface area contributed by atoms with Gasteiger partial charge in [0.1, 0.15) is 5.70 Å². The molecule has 0 aliphatic rings. The Morgan fingerprint density at radius 3 is 2.38 bits per heavy atom. The first-order chi connectivity index (χ1) is 6.07. The molecule has 0 aromatic carbocycles. The Labute approximate surface area is 76.1 Å². The van der Waals surface area contributed by atoms with Crippen LogP contribution in [0.4, 0.5) is 0 Å². The summed E-state index contributed by atoms with van der Waals surface area (Å²) < 4.78 is 0. The maximum absolute atomic E-state index is 10.5. The number of hydrogen-bond donors (Lipinski definition) is 3. The van der Waals surface area contributed by atoms with Crippen molar-refractivity contribution in [3.63, 3.8) is 0 Å². The molecule has 0 rings (SSSR count). The van der Waals surface area contributed by atoms with Gasteiger partial charge in [0.2, 0.25) is 0 Å². The standard InChI is InChI=1S/C8H13NO4/c1-2-5-9-6(8(12)13)3-4-7(10)11/h3,9H,2,4-5H2,1H3,(H,10,11)(H,12,13). The van der Waals surface area contributed by atoms with Gasteiger partial charge in [-0.25, -0.2) is 4.79 Å². The lowest BCUT2D eigenvalue weighted by Crippen LogP contribution is -2.21. The molecule has 3 N–H and O–H groups in total. The van der Waals surface area contributed by atoms with Gasteiger partial charge < -0.3 is 15.5 Å². The second-order valence-corrected chi connectivity index (χ2v) is 2.45. The third-order valence-electron chi connectivity index (χ3n) is 1.28. The second kappa shape index (κ2) is 6.05. The summed E-state index contributed by atoms with van der Waals surface area (Å²) in [4.78, 5) is 20.6. The predicted octanol–water partition coefficient (Wildman–Crippen LogP) is 0.429. The molecule has 74 valence electrons. The smallest absolute Gasteiger partial charge is 0.351 e. The minimum absolute atomic E-state index is 0.0516. The van der Waals surface area contributed by atoms with E-state index in [0.29, 0.717) is 6.54 Å². The molecule has 0 saturated carbocycles. The Hall–Kier alpha value is -1.52. The van der Waals surface area contributed by atoms with Gasteiger partial charge in [0.05, 0.1) is 6.42 Å². The average Bonchev–Trinajstić information content (AvgIpc) is 2.03. The summed E-state index contributed by atoms with van der Waals surface area (Å²) in [5.74, 6) is -2.17. The van der Waals surface area contributed by atoms with Gasteiger partial charge in [-0.2, -0.15) is 0 Å². The largest absolute Gasteiger partial charge is 0.481 e. The molecule has 0 spiro atoms. The minimum Gasteiger partial charge on any atom is -0.481 e. The van der Waals surface area contributed by atoms with E-state index in [1.807, 2.05) is 6.92 Å². The SMILES string of the molecule is CCCNC(=CCC(=O)O)C(=O)O. The van der Waals surface area contributed by atoms with Gasteiger partial charge in [-0.05, 0) is 12.5 Å². The van der Waals surface area contributed by atoms with Gasteiger partial charge in [0.25, 0.3) is 0 Å². The molecule has 0 aliphatic heterocycles. The van der Waals surface area contributed by atoms with Crippen molar-refractivity contribution >= 4 is 11.9 Å². The summed E-state index contributed by atoms with van der Waals surface area (Å²) >= 11 is 0. The molecule has 0 aromatic heterocycles. The molecule has 0 fully saturated rings. The number of aliphatic carboxylic acids is 2. The molecule has 5 heteroatoms. The van der Waals surface area contributed by atoms with Crippen LogP contribution in [0.3, 0.4) is 0 Å². The van der Waals surface area contributed by atoms with Crippen molar-refractivity contribution < 1.29 is 19.8 Å². The van der Waals surface area contributed by atoms with Gasteiger partial charge in [-0.3, -0.25) is 4.79 Å². The van der Waals surface area contributed by atoms with Gasteiger partial charge in [-0.1, -0.05) is 6.92 Å². The highest BCUT2D eigenvalue weighted by molar-refractivity contribution is 5.86. The fourth-order valence-corrected chi connectivity index (χ4v) is 0.684. The van der Waals surface area contributed by atoms with Crippen LogP contribution >= 0.6 is 0 Å². The highest BCUT2D eigenvalue weighted by Gasteiger charge is 2.05. The third kappa shape index (κ3) is 5.72. The van der Waals surface area contributed by atoms with E-state index >= 15 is 0 Å². The van der Waals surface area contributed by atoms with E-state index in [1.165, 1.54) is 0 Å². The zero-order valence-corrected chi connectivity index (χ0v) is 7.41. The lowest BCUT2D eigenvalue weighted by Gasteiger charge is -2.03. The molecule has 0 unspecified atom stereocenters. The van der Waals surface area contributed by atoms with Crippen molar-refractivity contribution in [2.45, 2.75) is 19.8 Å². The van der Waals surface area contributed by atoms with E-state index in [9.17, 15) is 9.59 Å². The summed E-state index contributed by atoms with van der Waals surface area (Å²) in [7, 11) is 0. The zero-order valence-electron chi connectivity index (χ0n) is 7.41.